The fourth-order valence-corrected chi connectivity index (χ4v) is 2.40. The standard InChI is InChI=1S/C14H32N2OS/c1-6-17-10-7-9-15-12-14(3)16(4)13(2)8-11-18-5/h13-15H,6-12H2,1-5H3. The molecule has 0 saturated heterocycles. The normalized spacial score (nSPS) is 15.0. The maximum atomic E-state index is 5.32. The average Bonchev–Trinajstić information content (AvgIpc) is 2.38. The van der Waals surface area contributed by atoms with Gasteiger partial charge in [0.15, 0.2) is 0 Å². The molecule has 2 atom stereocenters. The summed E-state index contributed by atoms with van der Waals surface area (Å²) in [5, 5.41) is 3.51. The molecule has 0 aliphatic carbocycles. The van der Waals surface area contributed by atoms with Gasteiger partial charge in [0.1, 0.15) is 0 Å². The minimum Gasteiger partial charge on any atom is -0.382 e. The molecule has 0 spiro atoms. The third kappa shape index (κ3) is 9.20. The largest absolute Gasteiger partial charge is 0.382 e. The van der Waals surface area contributed by atoms with E-state index in [1.54, 1.807) is 0 Å². The predicted molar refractivity (Wildman–Crippen MR) is 83.7 cm³/mol. The van der Waals surface area contributed by atoms with E-state index in [0.29, 0.717) is 12.1 Å². The molecule has 4 heteroatoms. The van der Waals surface area contributed by atoms with Crippen LogP contribution in [0.3, 0.4) is 0 Å². The van der Waals surface area contributed by atoms with E-state index >= 15 is 0 Å². The Hall–Kier alpha value is 0.230. The maximum absolute atomic E-state index is 5.32. The Kier molecular flexibility index (Phi) is 12.4. The topological polar surface area (TPSA) is 24.5 Å². The Morgan fingerprint density at radius 1 is 1.28 bits per heavy atom. The quantitative estimate of drug-likeness (QED) is 0.554. The molecule has 0 aromatic heterocycles. The summed E-state index contributed by atoms with van der Waals surface area (Å²) in [5.41, 5.74) is 0. The van der Waals surface area contributed by atoms with Crippen LogP contribution in [-0.2, 0) is 4.74 Å². The molecule has 110 valence electrons. The number of nitrogens with zero attached hydrogens (tertiary/aromatic N) is 1. The van der Waals surface area contributed by atoms with Crippen molar-refractivity contribution < 1.29 is 4.74 Å². The highest BCUT2D eigenvalue weighted by Gasteiger charge is 2.14. The molecule has 0 radical (unpaired) electrons. The summed E-state index contributed by atoms with van der Waals surface area (Å²) in [4.78, 5) is 2.48. The molecular formula is C14H32N2OS. The van der Waals surface area contributed by atoms with Crippen LogP contribution in [0, 0.1) is 0 Å². The lowest BCUT2D eigenvalue weighted by atomic mass is 10.2. The minimum atomic E-state index is 0.592. The number of hydrogen-bond acceptors (Lipinski definition) is 4. The maximum Gasteiger partial charge on any atom is 0.0477 e. The minimum absolute atomic E-state index is 0.592. The summed E-state index contributed by atoms with van der Waals surface area (Å²) in [6.07, 6.45) is 4.55. The van der Waals surface area contributed by atoms with Crippen LogP contribution in [0.2, 0.25) is 0 Å². The molecule has 0 amide bonds. The van der Waals surface area contributed by atoms with Crippen molar-refractivity contribution in [3.63, 3.8) is 0 Å². The highest BCUT2D eigenvalue weighted by atomic mass is 32.2. The summed E-state index contributed by atoms with van der Waals surface area (Å²) in [7, 11) is 2.23. The first-order chi connectivity index (χ1) is 8.63. The smallest absolute Gasteiger partial charge is 0.0477 e. The molecule has 1 N–H and O–H groups in total. The summed E-state index contributed by atoms with van der Waals surface area (Å²) >= 11 is 1.93. The zero-order valence-corrected chi connectivity index (χ0v) is 13.7. The van der Waals surface area contributed by atoms with Crippen LogP contribution in [0.4, 0.5) is 0 Å². The van der Waals surface area contributed by atoms with E-state index in [0.717, 1.165) is 32.7 Å². The molecule has 0 bridgehead atoms. The fourth-order valence-electron chi connectivity index (χ4n) is 1.82. The number of thioether (sulfide) groups is 1. The Bertz CT molecular complexity index is 181. The van der Waals surface area contributed by atoms with Gasteiger partial charge < -0.3 is 10.1 Å². The van der Waals surface area contributed by atoms with Crippen molar-refractivity contribution in [1.29, 1.82) is 0 Å². The highest BCUT2D eigenvalue weighted by molar-refractivity contribution is 7.98. The zero-order chi connectivity index (χ0) is 13.8. The van der Waals surface area contributed by atoms with Gasteiger partial charge >= 0.3 is 0 Å². The number of rotatable bonds is 12. The van der Waals surface area contributed by atoms with E-state index in [2.05, 4.69) is 37.4 Å². The van der Waals surface area contributed by atoms with Crippen LogP contribution < -0.4 is 5.32 Å². The van der Waals surface area contributed by atoms with E-state index in [-0.39, 0.29) is 0 Å². The van der Waals surface area contributed by atoms with Crippen LogP contribution in [0.15, 0.2) is 0 Å². The third-order valence-corrected chi connectivity index (χ3v) is 4.06. The van der Waals surface area contributed by atoms with Crippen molar-refractivity contribution in [3.8, 4) is 0 Å². The second-order valence-electron chi connectivity index (χ2n) is 4.90. The predicted octanol–water partition coefficient (Wildman–Crippen LogP) is 2.46. The molecule has 0 heterocycles. The molecule has 0 aromatic carbocycles. The summed E-state index contributed by atoms with van der Waals surface area (Å²) in [5.74, 6) is 1.25. The van der Waals surface area contributed by atoms with Crippen molar-refractivity contribution >= 4 is 11.8 Å². The van der Waals surface area contributed by atoms with Gasteiger partial charge in [-0.1, -0.05) is 0 Å². The summed E-state index contributed by atoms with van der Waals surface area (Å²) in [6.45, 7) is 10.5. The van der Waals surface area contributed by atoms with Gasteiger partial charge in [0, 0.05) is 31.8 Å². The molecule has 2 unspecified atom stereocenters. The van der Waals surface area contributed by atoms with E-state index in [9.17, 15) is 0 Å². The molecule has 0 aliphatic rings. The van der Waals surface area contributed by atoms with Crippen LogP contribution in [0.1, 0.15) is 33.6 Å². The number of ether oxygens (including phenoxy) is 1. The number of likely N-dealkylation sites (N-methyl/N-ethyl adjacent to an activating group) is 1. The molecule has 0 aliphatic heterocycles. The van der Waals surface area contributed by atoms with Crippen molar-refractivity contribution in [3.05, 3.63) is 0 Å². The van der Waals surface area contributed by atoms with Crippen molar-refractivity contribution in [2.24, 2.45) is 0 Å². The molecule has 0 saturated carbocycles. The Labute approximate surface area is 118 Å². The van der Waals surface area contributed by atoms with E-state index < -0.39 is 0 Å². The lowest BCUT2D eigenvalue weighted by molar-refractivity contribution is 0.143. The van der Waals surface area contributed by atoms with Gasteiger partial charge in [-0.2, -0.15) is 11.8 Å². The van der Waals surface area contributed by atoms with Gasteiger partial charge in [-0.3, -0.25) is 4.90 Å². The summed E-state index contributed by atoms with van der Waals surface area (Å²) < 4.78 is 5.32. The monoisotopic (exact) mass is 276 g/mol. The molecule has 0 aromatic rings. The van der Waals surface area contributed by atoms with Gasteiger partial charge in [0.2, 0.25) is 0 Å². The van der Waals surface area contributed by atoms with Crippen molar-refractivity contribution in [1.82, 2.24) is 10.2 Å². The Morgan fingerprint density at radius 2 is 2.00 bits per heavy atom. The zero-order valence-electron chi connectivity index (χ0n) is 12.9. The molecule has 0 rings (SSSR count). The van der Waals surface area contributed by atoms with Gasteiger partial charge in [-0.05, 0) is 59.2 Å². The number of nitrogens with one attached hydrogen (secondary N) is 1. The van der Waals surface area contributed by atoms with Crippen molar-refractivity contribution in [2.45, 2.75) is 45.7 Å². The van der Waals surface area contributed by atoms with Gasteiger partial charge in [0.05, 0.1) is 0 Å². The molecule has 18 heavy (non-hydrogen) atoms. The average molecular weight is 276 g/mol. The van der Waals surface area contributed by atoms with E-state index in [1.165, 1.54) is 12.2 Å². The first kappa shape index (κ1) is 18.2. The SMILES string of the molecule is CCOCCCNCC(C)N(C)C(C)CCSC. The molecule has 0 fully saturated rings. The van der Waals surface area contributed by atoms with Crippen LogP contribution in [0.25, 0.3) is 0 Å². The second-order valence-corrected chi connectivity index (χ2v) is 5.89. The van der Waals surface area contributed by atoms with Gasteiger partial charge in [-0.25, -0.2) is 0 Å². The van der Waals surface area contributed by atoms with Crippen molar-refractivity contribution in [2.75, 3.05) is 45.4 Å². The van der Waals surface area contributed by atoms with Crippen LogP contribution in [-0.4, -0.2) is 62.3 Å². The van der Waals surface area contributed by atoms with Gasteiger partial charge in [0.25, 0.3) is 0 Å². The lowest BCUT2D eigenvalue weighted by Crippen LogP contribution is -2.43. The second kappa shape index (κ2) is 12.3. The third-order valence-electron chi connectivity index (χ3n) is 3.42. The highest BCUT2D eigenvalue weighted by Crippen LogP contribution is 2.08. The Balaban J connectivity index is 3.57. The fraction of sp³-hybridized carbons (Fsp3) is 1.00. The molecular weight excluding hydrogens is 244 g/mol. The summed E-state index contributed by atoms with van der Waals surface area (Å²) in [6, 6.07) is 1.26. The van der Waals surface area contributed by atoms with E-state index in [4.69, 9.17) is 4.74 Å². The molecule has 3 nitrogen and oxygen atoms in total. The Morgan fingerprint density at radius 3 is 2.61 bits per heavy atom. The van der Waals surface area contributed by atoms with E-state index in [1.807, 2.05) is 18.7 Å². The van der Waals surface area contributed by atoms with Gasteiger partial charge in [-0.15, -0.1) is 0 Å². The van der Waals surface area contributed by atoms with Crippen LogP contribution in [0.5, 0.6) is 0 Å². The number of hydrogen-bond donors (Lipinski definition) is 1. The van der Waals surface area contributed by atoms with Crippen LogP contribution >= 0.6 is 11.8 Å². The lowest BCUT2D eigenvalue weighted by Gasteiger charge is -2.31. The first-order valence-corrected chi connectivity index (χ1v) is 8.52. The first-order valence-electron chi connectivity index (χ1n) is 7.12.